The molecule has 2 rings (SSSR count). The van der Waals surface area contributed by atoms with Crippen LogP contribution in [-0.2, 0) is 22.4 Å². The number of rotatable bonds is 9. The van der Waals surface area contributed by atoms with Crippen LogP contribution in [0.3, 0.4) is 0 Å². The van der Waals surface area contributed by atoms with Crippen LogP contribution in [0.25, 0.3) is 0 Å². The summed E-state index contributed by atoms with van der Waals surface area (Å²) in [6.45, 7) is 1.76. The highest BCUT2D eigenvalue weighted by Crippen LogP contribution is 2.17. The maximum atomic E-state index is 12.6. The Hall–Kier alpha value is -2.33. The molecular formula is C20H25NO3. The smallest absolute Gasteiger partial charge is 0.227 e. The number of phenols is 1. The predicted octanol–water partition coefficient (Wildman–Crippen LogP) is 3.04. The van der Waals surface area contributed by atoms with Gasteiger partial charge in [-0.05, 0) is 24.5 Å². The first-order valence-corrected chi connectivity index (χ1v) is 8.28. The second-order valence-electron chi connectivity index (χ2n) is 5.77. The third-order valence-electron chi connectivity index (χ3n) is 3.99. The zero-order valence-corrected chi connectivity index (χ0v) is 14.1. The van der Waals surface area contributed by atoms with Gasteiger partial charge in [-0.2, -0.15) is 0 Å². The number of amides is 1. The van der Waals surface area contributed by atoms with Crippen molar-refractivity contribution in [2.24, 2.45) is 0 Å². The van der Waals surface area contributed by atoms with E-state index in [4.69, 9.17) is 4.74 Å². The fraction of sp³-hybridized carbons (Fsp3) is 0.350. The van der Waals surface area contributed by atoms with E-state index in [9.17, 15) is 9.90 Å². The molecule has 1 amide bonds. The summed E-state index contributed by atoms with van der Waals surface area (Å²) in [6.07, 6.45) is 2.05. The van der Waals surface area contributed by atoms with E-state index in [0.29, 0.717) is 25.3 Å². The van der Waals surface area contributed by atoms with Crippen molar-refractivity contribution in [1.82, 2.24) is 4.90 Å². The van der Waals surface area contributed by atoms with Crippen LogP contribution in [0.5, 0.6) is 5.75 Å². The summed E-state index contributed by atoms with van der Waals surface area (Å²) in [4.78, 5) is 14.4. The molecule has 2 aromatic rings. The molecule has 0 radical (unpaired) electrons. The maximum absolute atomic E-state index is 12.6. The van der Waals surface area contributed by atoms with Crippen LogP contribution in [-0.4, -0.2) is 42.7 Å². The van der Waals surface area contributed by atoms with Crippen LogP contribution in [0.15, 0.2) is 54.6 Å². The predicted molar refractivity (Wildman–Crippen MR) is 95.0 cm³/mol. The number of methoxy groups -OCH3 is 1. The number of hydrogen-bond donors (Lipinski definition) is 1. The number of carbonyl (C=O) groups excluding carboxylic acids is 1. The van der Waals surface area contributed by atoms with Crippen LogP contribution in [0.1, 0.15) is 17.5 Å². The van der Waals surface area contributed by atoms with E-state index in [1.165, 1.54) is 5.56 Å². The lowest BCUT2D eigenvalue weighted by Gasteiger charge is -2.22. The van der Waals surface area contributed by atoms with Gasteiger partial charge in [-0.3, -0.25) is 4.79 Å². The number of nitrogens with zero attached hydrogens (tertiary/aromatic N) is 1. The fourth-order valence-corrected chi connectivity index (χ4v) is 2.62. The Morgan fingerprint density at radius 2 is 1.75 bits per heavy atom. The summed E-state index contributed by atoms with van der Waals surface area (Å²) in [6, 6.07) is 17.2. The highest BCUT2D eigenvalue weighted by Gasteiger charge is 2.15. The Labute approximate surface area is 143 Å². The molecular weight excluding hydrogens is 302 g/mol. The maximum Gasteiger partial charge on any atom is 0.227 e. The van der Waals surface area contributed by atoms with Gasteiger partial charge in [-0.1, -0.05) is 48.5 Å². The van der Waals surface area contributed by atoms with Gasteiger partial charge in [-0.25, -0.2) is 0 Å². The Balaban J connectivity index is 1.91. The van der Waals surface area contributed by atoms with Crippen molar-refractivity contribution >= 4 is 5.91 Å². The van der Waals surface area contributed by atoms with E-state index >= 15 is 0 Å². The molecule has 0 spiro atoms. The van der Waals surface area contributed by atoms with Crippen LogP contribution in [0.4, 0.5) is 0 Å². The first-order valence-electron chi connectivity index (χ1n) is 8.28. The van der Waals surface area contributed by atoms with Crippen molar-refractivity contribution in [3.8, 4) is 5.75 Å². The quantitative estimate of drug-likeness (QED) is 0.770. The van der Waals surface area contributed by atoms with Crippen LogP contribution >= 0.6 is 0 Å². The van der Waals surface area contributed by atoms with Gasteiger partial charge in [0.05, 0.1) is 13.0 Å². The molecule has 0 bridgehead atoms. The van der Waals surface area contributed by atoms with Gasteiger partial charge in [0.1, 0.15) is 5.75 Å². The highest BCUT2D eigenvalue weighted by atomic mass is 16.5. The lowest BCUT2D eigenvalue weighted by atomic mass is 10.1. The molecule has 4 heteroatoms. The molecule has 2 aromatic carbocycles. The molecule has 0 unspecified atom stereocenters. The normalized spacial score (nSPS) is 10.5. The van der Waals surface area contributed by atoms with Crippen LogP contribution in [0.2, 0.25) is 0 Å². The first-order chi connectivity index (χ1) is 11.7. The monoisotopic (exact) mass is 327 g/mol. The van der Waals surface area contributed by atoms with Gasteiger partial charge in [-0.15, -0.1) is 0 Å². The Bertz CT molecular complexity index is 628. The van der Waals surface area contributed by atoms with E-state index in [-0.39, 0.29) is 18.1 Å². The van der Waals surface area contributed by atoms with Crippen molar-refractivity contribution in [2.45, 2.75) is 19.3 Å². The van der Waals surface area contributed by atoms with Crippen molar-refractivity contribution in [3.05, 3.63) is 65.7 Å². The van der Waals surface area contributed by atoms with E-state index in [1.54, 1.807) is 25.3 Å². The molecule has 0 aliphatic heterocycles. The van der Waals surface area contributed by atoms with Gasteiger partial charge < -0.3 is 14.7 Å². The molecule has 0 aliphatic carbocycles. The average Bonchev–Trinajstić information content (AvgIpc) is 2.60. The Morgan fingerprint density at radius 3 is 2.46 bits per heavy atom. The van der Waals surface area contributed by atoms with Crippen molar-refractivity contribution in [2.75, 3.05) is 26.8 Å². The van der Waals surface area contributed by atoms with Gasteiger partial charge >= 0.3 is 0 Å². The number of benzene rings is 2. The Kier molecular flexibility index (Phi) is 7.30. The van der Waals surface area contributed by atoms with Gasteiger partial charge in [0.2, 0.25) is 5.91 Å². The molecule has 1 N–H and O–H groups in total. The summed E-state index contributed by atoms with van der Waals surface area (Å²) < 4.78 is 5.12. The fourth-order valence-electron chi connectivity index (χ4n) is 2.62. The minimum atomic E-state index is 0.0154. The summed E-state index contributed by atoms with van der Waals surface area (Å²) in [5.41, 5.74) is 1.94. The van der Waals surface area contributed by atoms with Crippen molar-refractivity contribution in [3.63, 3.8) is 0 Å². The topological polar surface area (TPSA) is 49.8 Å². The number of carbonyl (C=O) groups is 1. The molecule has 0 aliphatic rings. The SMILES string of the molecule is COCCN(CCCc1ccccc1)C(=O)Cc1ccccc1O. The van der Waals surface area contributed by atoms with E-state index < -0.39 is 0 Å². The summed E-state index contributed by atoms with van der Waals surface area (Å²) in [7, 11) is 1.63. The molecule has 0 aromatic heterocycles. The molecule has 0 atom stereocenters. The lowest BCUT2D eigenvalue weighted by Crippen LogP contribution is -2.36. The van der Waals surface area contributed by atoms with Crippen molar-refractivity contribution in [1.29, 1.82) is 0 Å². The number of phenolic OH excluding ortho intramolecular Hbond substituents is 1. The van der Waals surface area contributed by atoms with Gasteiger partial charge in [0, 0.05) is 25.8 Å². The molecule has 0 saturated carbocycles. The molecule has 0 fully saturated rings. The third-order valence-corrected chi connectivity index (χ3v) is 3.99. The van der Waals surface area contributed by atoms with Crippen LogP contribution in [0, 0.1) is 0 Å². The Morgan fingerprint density at radius 1 is 1.04 bits per heavy atom. The lowest BCUT2D eigenvalue weighted by molar-refractivity contribution is -0.131. The standard InChI is InChI=1S/C20H25NO3/c1-24-15-14-21(13-7-10-17-8-3-2-4-9-17)20(23)16-18-11-5-6-12-19(18)22/h2-6,8-9,11-12,22H,7,10,13-16H2,1H3. The minimum absolute atomic E-state index is 0.0154. The largest absolute Gasteiger partial charge is 0.508 e. The number of hydrogen-bond acceptors (Lipinski definition) is 3. The second kappa shape index (κ2) is 9.73. The van der Waals surface area contributed by atoms with Gasteiger partial charge in [0.15, 0.2) is 0 Å². The molecule has 128 valence electrons. The van der Waals surface area contributed by atoms with E-state index in [0.717, 1.165) is 12.8 Å². The summed E-state index contributed by atoms with van der Waals surface area (Å²) >= 11 is 0. The van der Waals surface area contributed by atoms with Gasteiger partial charge in [0.25, 0.3) is 0 Å². The zero-order valence-electron chi connectivity index (χ0n) is 14.1. The van der Waals surface area contributed by atoms with E-state index in [1.807, 2.05) is 29.2 Å². The number of para-hydroxylation sites is 1. The number of aryl methyl sites for hydroxylation is 1. The molecule has 0 saturated heterocycles. The first kappa shape index (κ1) is 18.0. The molecule has 24 heavy (non-hydrogen) atoms. The summed E-state index contributed by atoms with van der Waals surface area (Å²) in [5.74, 6) is 0.184. The third kappa shape index (κ3) is 5.70. The minimum Gasteiger partial charge on any atom is -0.508 e. The van der Waals surface area contributed by atoms with E-state index in [2.05, 4.69) is 12.1 Å². The summed E-state index contributed by atoms with van der Waals surface area (Å²) in [5, 5.41) is 9.85. The highest BCUT2D eigenvalue weighted by molar-refractivity contribution is 5.79. The average molecular weight is 327 g/mol. The number of ether oxygens (including phenoxy) is 1. The second-order valence-corrected chi connectivity index (χ2v) is 5.77. The van der Waals surface area contributed by atoms with Crippen molar-refractivity contribution < 1.29 is 14.6 Å². The zero-order chi connectivity index (χ0) is 17.2. The van der Waals surface area contributed by atoms with Crippen LogP contribution < -0.4 is 0 Å². The molecule has 0 heterocycles. The number of aromatic hydroxyl groups is 1. The molecule has 4 nitrogen and oxygen atoms in total.